The Hall–Kier alpha value is -2.90. The second-order valence-electron chi connectivity index (χ2n) is 12.5. The Morgan fingerprint density at radius 1 is 1.26 bits per heavy atom. The molecule has 0 radical (unpaired) electrons. The molecule has 1 aromatic rings. The van der Waals surface area contributed by atoms with Crippen molar-refractivity contribution in [2.24, 2.45) is 11.8 Å². The number of ether oxygens (including phenoxy) is 2. The Labute approximate surface area is 230 Å². The molecule has 39 heavy (non-hydrogen) atoms. The molecule has 1 aliphatic carbocycles. The van der Waals surface area contributed by atoms with Crippen LogP contribution in [0.5, 0.6) is 0 Å². The van der Waals surface area contributed by atoms with E-state index in [0.717, 1.165) is 51.1 Å². The summed E-state index contributed by atoms with van der Waals surface area (Å²) < 4.78 is 26.5. The van der Waals surface area contributed by atoms with Crippen molar-refractivity contribution in [3.63, 3.8) is 0 Å². The molecule has 3 saturated heterocycles. The second kappa shape index (κ2) is 10.9. The van der Waals surface area contributed by atoms with E-state index in [0.29, 0.717) is 24.3 Å². The minimum Gasteiger partial charge on any atom is -0.444 e. The summed E-state index contributed by atoms with van der Waals surface area (Å²) >= 11 is 0. The van der Waals surface area contributed by atoms with Crippen molar-refractivity contribution >= 4 is 17.7 Å². The summed E-state index contributed by atoms with van der Waals surface area (Å²) in [5.41, 5.74) is 0.526. The Balaban J connectivity index is 1.23. The fourth-order valence-electron chi connectivity index (χ4n) is 6.76. The molecule has 212 valence electrons. The fraction of sp³-hybridized carbons (Fsp3) is 0.690. The van der Waals surface area contributed by atoms with Crippen molar-refractivity contribution in [3.05, 3.63) is 29.6 Å². The van der Waals surface area contributed by atoms with Crippen LogP contribution in [0, 0.1) is 29.0 Å². The maximum absolute atomic E-state index is 15.2. The van der Waals surface area contributed by atoms with Crippen LogP contribution in [0.1, 0.15) is 52.0 Å². The number of hydrogen-bond donors (Lipinski definition) is 1. The SMILES string of the molecule is CN1COC[C@@H]2CCN(c3ccc(C[C@@H](C#N)NC(=O)[C@@H]4[C@H]5CC[C@H](C5)N4C(=O)OC(C)(C)C)c(F)c3)C[C@@H]21. The van der Waals surface area contributed by atoms with Crippen LogP contribution in [-0.4, -0.2) is 85.0 Å². The average molecular weight is 542 g/mol. The highest BCUT2D eigenvalue weighted by atomic mass is 19.1. The molecule has 6 atom stereocenters. The van der Waals surface area contributed by atoms with Gasteiger partial charge in [0, 0.05) is 43.2 Å². The molecule has 2 amide bonds. The van der Waals surface area contributed by atoms with Crippen LogP contribution in [0.15, 0.2) is 18.2 Å². The van der Waals surface area contributed by atoms with E-state index < -0.39 is 23.8 Å². The molecule has 0 aromatic heterocycles. The highest BCUT2D eigenvalue weighted by Gasteiger charge is 2.52. The Morgan fingerprint density at radius 2 is 2.05 bits per heavy atom. The monoisotopic (exact) mass is 541 g/mol. The molecule has 5 rings (SSSR count). The van der Waals surface area contributed by atoms with Gasteiger partial charge in [0.2, 0.25) is 5.91 Å². The van der Waals surface area contributed by atoms with Crippen molar-refractivity contribution in [1.29, 1.82) is 5.26 Å². The number of hydrogen-bond acceptors (Lipinski definition) is 7. The Morgan fingerprint density at radius 3 is 2.77 bits per heavy atom. The molecule has 0 unspecified atom stereocenters. The molecular formula is C29H40FN5O4. The van der Waals surface area contributed by atoms with Crippen LogP contribution < -0.4 is 10.2 Å². The van der Waals surface area contributed by atoms with Crippen molar-refractivity contribution in [1.82, 2.24) is 15.1 Å². The Bertz CT molecular complexity index is 1130. The number of nitriles is 1. The van der Waals surface area contributed by atoms with Gasteiger partial charge in [-0.3, -0.25) is 14.6 Å². The summed E-state index contributed by atoms with van der Waals surface area (Å²) in [6.07, 6.45) is 2.99. The first kappa shape index (κ1) is 27.7. The third-order valence-electron chi connectivity index (χ3n) is 8.67. The number of fused-ring (bicyclic) bond motifs is 3. The molecule has 9 nitrogen and oxygen atoms in total. The number of benzene rings is 1. The second-order valence-corrected chi connectivity index (χ2v) is 12.5. The van der Waals surface area contributed by atoms with Crippen LogP contribution in [0.25, 0.3) is 0 Å². The van der Waals surface area contributed by atoms with E-state index in [2.05, 4.69) is 28.2 Å². The number of carbonyl (C=O) groups excluding carboxylic acids is 2. The molecule has 1 N–H and O–H groups in total. The quantitative estimate of drug-likeness (QED) is 0.611. The van der Waals surface area contributed by atoms with Gasteiger partial charge >= 0.3 is 6.09 Å². The summed E-state index contributed by atoms with van der Waals surface area (Å²) in [6.45, 7) is 8.43. The predicted molar refractivity (Wildman–Crippen MR) is 143 cm³/mol. The van der Waals surface area contributed by atoms with Crippen LogP contribution in [-0.2, 0) is 20.7 Å². The van der Waals surface area contributed by atoms with Gasteiger partial charge in [0.15, 0.2) is 0 Å². The van der Waals surface area contributed by atoms with Gasteiger partial charge in [-0.15, -0.1) is 0 Å². The number of halogens is 1. The topological polar surface area (TPSA) is 98.1 Å². The number of likely N-dealkylation sites (tertiary alicyclic amines) is 1. The number of carbonyl (C=O) groups is 2. The first-order valence-electron chi connectivity index (χ1n) is 14.1. The van der Waals surface area contributed by atoms with Crippen molar-refractivity contribution in [2.45, 2.75) is 82.6 Å². The van der Waals surface area contributed by atoms with Gasteiger partial charge in [0.25, 0.3) is 0 Å². The maximum Gasteiger partial charge on any atom is 0.411 e. The number of amides is 2. The maximum atomic E-state index is 15.2. The number of nitrogens with zero attached hydrogens (tertiary/aromatic N) is 4. The van der Waals surface area contributed by atoms with E-state index in [-0.39, 0.29) is 30.1 Å². The minimum absolute atomic E-state index is 0.0304. The predicted octanol–water partition coefficient (Wildman–Crippen LogP) is 3.28. The third-order valence-corrected chi connectivity index (χ3v) is 8.67. The smallest absolute Gasteiger partial charge is 0.411 e. The lowest BCUT2D eigenvalue weighted by Crippen LogP contribution is -2.56. The summed E-state index contributed by atoms with van der Waals surface area (Å²) in [7, 11) is 2.06. The lowest BCUT2D eigenvalue weighted by atomic mass is 9.90. The number of rotatable bonds is 5. The fourth-order valence-corrected chi connectivity index (χ4v) is 6.76. The molecule has 1 aromatic carbocycles. The van der Waals surface area contributed by atoms with Crippen LogP contribution >= 0.6 is 0 Å². The van der Waals surface area contributed by atoms with Crippen LogP contribution in [0.2, 0.25) is 0 Å². The summed E-state index contributed by atoms with van der Waals surface area (Å²) in [4.78, 5) is 32.2. The largest absolute Gasteiger partial charge is 0.444 e. The number of piperidine rings is 2. The first-order chi connectivity index (χ1) is 18.5. The molecule has 1 saturated carbocycles. The molecule has 4 aliphatic rings. The van der Waals surface area contributed by atoms with E-state index >= 15 is 4.39 Å². The third kappa shape index (κ3) is 5.85. The van der Waals surface area contributed by atoms with E-state index in [4.69, 9.17) is 9.47 Å². The van der Waals surface area contributed by atoms with E-state index in [1.165, 1.54) is 6.07 Å². The zero-order valence-electron chi connectivity index (χ0n) is 23.4. The van der Waals surface area contributed by atoms with Gasteiger partial charge in [0.05, 0.1) is 19.4 Å². The zero-order chi connectivity index (χ0) is 27.9. The lowest BCUT2D eigenvalue weighted by molar-refractivity contribution is -0.128. The van der Waals surface area contributed by atoms with E-state index in [1.807, 2.05) is 6.07 Å². The normalized spacial score (nSPS) is 29.5. The molecule has 10 heteroatoms. The molecular weight excluding hydrogens is 501 g/mol. The zero-order valence-corrected chi connectivity index (χ0v) is 23.4. The standard InChI is InChI=1S/C29H40FN5O4/c1-29(2,3)39-28(37)35-23-8-6-19(12-23)26(35)27(36)32-21(14-31)11-18-5-7-22(13-24(18)30)34-10-9-20-16-38-17-33(4)25(20)15-34/h5,7,13,19-21,23,25-26H,6,8-12,15-17H2,1-4H3,(H,32,36)/t19-,20-,21-,23+,25-,26-/m0/s1. The number of anilines is 1. The minimum atomic E-state index is -0.913. The molecule has 0 spiro atoms. The van der Waals surface area contributed by atoms with Gasteiger partial charge in [-0.25, -0.2) is 9.18 Å². The van der Waals surface area contributed by atoms with Gasteiger partial charge in [-0.05, 0) is 77.1 Å². The molecule has 3 heterocycles. The summed E-state index contributed by atoms with van der Waals surface area (Å²) in [5, 5.41) is 12.6. The number of likely N-dealkylation sites (N-methyl/N-ethyl adjacent to an activating group) is 1. The highest BCUT2D eigenvalue weighted by molar-refractivity contribution is 5.87. The van der Waals surface area contributed by atoms with E-state index in [9.17, 15) is 14.9 Å². The van der Waals surface area contributed by atoms with Crippen LogP contribution in [0.3, 0.4) is 0 Å². The van der Waals surface area contributed by atoms with Gasteiger partial charge < -0.3 is 19.7 Å². The van der Waals surface area contributed by atoms with Gasteiger partial charge in [0.1, 0.15) is 23.5 Å². The number of nitrogens with one attached hydrogen (secondary N) is 1. The van der Waals surface area contributed by atoms with Gasteiger partial charge in [-0.1, -0.05) is 6.07 Å². The highest BCUT2D eigenvalue weighted by Crippen LogP contribution is 2.43. The Kier molecular flexibility index (Phi) is 7.75. The van der Waals surface area contributed by atoms with E-state index in [1.54, 1.807) is 31.7 Å². The summed E-state index contributed by atoms with van der Waals surface area (Å²) in [6, 6.07) is 6.01. The molecule has 4 fully saturated rings. The van der Waals surface area contributed by atoms with Crippen molar-refractivity contribution in [2.75, 3.05) is 38.4 Å². The molecule has 3 aliphatic heterocycles. The van der Waals surface area contributed by atoms with Crippen molar-refractivity contribution < 1.29 is 23.5 Å². The van der Waals surface area contributed by atoms with Crippen molar-refractivity contribution in [3.8, 4) is 6.07 Å². The lowest BCUT2D eigenvalue weighted by Gasteiger charge is -2.46. The van der Waals surface area contributed by atoms with Gasteiger partial charge in [-0.2, -0.15) is 5.26 Å². The summed E-state index contributed by atoms with van der Waals surface area (Å²) in [5.74, 6) is -0.234. The van der Waals surface area contributed by atoms with Crippen LogP contribution in [0.4, 0.5) is 14.9 Å². The first-order valence-corrected chi connectivity index (χ1v) is 14.1. The molecule has 2 bridgehead atoms. The average Bonchev–Trinajstić information content (AvgIpc) is 3.50.